The highest BCUT2D eigenvalue weighted by atomic mass is 16.2. The van der Waals surface area contributed by atoms with Crippen molar-refractivity contribution in [2.24, 2.45) is 7.05 Å². The number of aryl methyl sites for hydroxylation is 1. The number of carbonyl (C=O) groups is 1. The fraction of sp³-hybridized carbons (Fsp3) is 0.188. The number of hydrogen-bond acceptors (Lipinski definition) is 6. The average molecular weight is 323 g/mol. The van der Waals surface area contributed by atoms with Gasteiger partial charge in [-0.3, -0.25) is 4.79 Å². The third-order valence-electron chi connectivity index (χ3n) is 3.73. The molecule has 1 amide bonds. The zero-order chi connectivity index (χ0) is 17.1. The maximum atomic E-state index is 12.6. The smallest absolute Gasteiger partial charge is 0.274 e. The van der Waals surface area contributed by atoms with Crippen molar-refractivity contribution in [2.45, 2.75) is 13.0 Å². The molecule has 8 nitrogen and oxygen atoms in total. The highest BCUT2D eigenvalue weighted by molar-refractivity contribution is 5.96. The van der Waals surface area contributed by atoms with Gasteiger partial charge in [0, 0.05) is 19.4 Å². The summed E-state index contributed by atoms with van der Waals surface area (Å²) in [5.41, 5.74) is 6.70. The molecular weight excluding hydrogens is 306 g/mol. The van der Waals surface area contributed by atoms with Gasteiger partial charge >= 0.3 is 0 Å². The van der Waals surface area contributed by atoms with Crippen LogP contribution in [0.3, 0.4) is 0 Å². The zero-order valence-electron chi connectivity index (χ0n) is 13.3. The SMILES string of the molecule is Cc1nnc([C@@H](NC(=O)c2nccnc2N)c2ccccc2)n1C. The summed E-state index contributed by atoms with van der Waals surface area (Å²) in [6, 6.07) is 9.05. The summed E-state index contributed by atoms with van der Waals surface area (Å²) >= 11 is 0. The fourth-order valence-corrected chi connectivity index (χ4v) is 2.34. The predicted molar refractivity (Wildman–Crippen MR) is 87.9 cm³/mol. The Morgan fingerprint density at radius 1 is 1.17 bits per heavy atom. The molecule has 2 heterocycles. The highest BCUT2D eigenvalue weighted by Gasteiger charge is 2.24. The van der Waals surface area contributed by atoms with Crippen LogP contribution < -0.4 is 11.1 Å². The first-order valence-corrected chi connectivity index (χ1v) is 7.36. The quantitative estimate of drug-likeness (QED) is 0.741. The number of nitrogen functional groups attached to an aromatic ring is 1. The number of benzene rings is 1. The Bertz CT molecular complexity index is 860. The van der Waals surface area contributed by atoms with E-state index < -0.39 is 11.9 Å². The Balaban J connectivity index is 1.98. The minimum atomic E-state index is -0.480. The second-order valence-corrected chi connectivity index (χ2v) is 5.27. The van der Waals surface area contributed by atoms with Crippen molar-refractivity contribution < 1.29 is 4.79 Å². The Labute approximate surface area is 138 Å². The molecule has 0 fully saturated rings. The van der Waals surface area contributed by atoms with Gasteiger partial charge in [0.1, 0.15) is 11.9 Å². The number of nitrogens with one attached hydrogen (secondary N) is 1. The van der Waals surface area contributed by atoms with E-state index in [1.54, 1.807) is 0 Å². The molecule has 0 spiro atoms. The van der Waals surface area contributed by atoms with Crippen LogP contribution in [0, 0.1) is 6.92 Å². The third-order valence-corrected chi connectivity index (χ3v) is 3.73. The van der Waals surface area contributed by atoms with E-state index in [4.69, 9.17) is 5.73 Å². The van der Waals surface area contributed by atoms with Crippen LogP contribution in [0.4, 0.5) is 5.82 Å². The third kappa shape index (κ3) is 2.94. The van der Waals surface area contributed by atoms with Crippen molar-refractivity contribution in [3.8, 4) is 0 Å². The summed E-state index contributed by atoms with van der Waals surface area (Å²) in [6.45, 7) is 1.85. The molecule has 0 bridgehead atoms. The lowest BCUT2D eigenvalue weighted by Gasteiger charge is -2.18. The molecule has 3 N–H and O–H groups in total. The van der Waals surface area contributed by atoms with E-state index >= 15 is 0 Å². The van der Waals surface area contributed by atoms with Crippen molar-refractivity contribution in [3.63, 3.8) is 0 Å². The summed E-state index contributed by atoms with van der Waals surface area (Å²) in [4.78, 5) is 20.5. The van der Waals surface area contributed by atoms with Crippen LogP contribution in [0.1, 0.15) is 33.7 Å². The second kappa shape index (κ2) is 6.45. The number of carbonyl (C=O) groups excluding carboxylic acids is 1. The summed E-state index contributed by atoms with van der Waals surface area (Å²) in [6.07, 6.45) is 2.86. The van der Waals surface area contributed by atoms with Gasteiger partial charge in [-0.25, -0.2) is 9.97 Å². The summed E-state index contributed by atoms with van der Waals surface area (Å²) in [5.74, 6) is 1.03. The summed E-state index contributed by atoms with van der Waals surface area (Å²) in [5, 5.41) is 11.2. The van der Waals surface area contributed by atoms with Gasteiger partial charge < -0.3 is 15.6 Å². The number of rotatable bonds is 4. The van der Waals surface area contributed by atoms with Gasteiger partial charge in [0.05, 0.1) is 0 Å². The summed E-state index contributed by atoms with van der Waals surface area (Å²) in [7, 11) is 1.85. The fourth-order valence-electron chi connectivity index (χ4n) is 2.34. The molecule has 0 aliphatic heterocycles. The number of nitrogens with two attached hydrogens (primary N) is 1. The number of hydrogen-bond donors (Lipinski definition) is 2. The van der Waals surface area contributed by atoms with Gasteiger partial charge in [-0.15, -0.1) is 10.2 Å². The lowest BCUT2D eigenvalue weighted by molar-refractivity contribution is 0.0936. The largest absolute Gasteiger partial charge is 0.382 e. The lowest BCUT2D eigenvalue weighted by Crippen LogP contribution is -2.32. The molecule has 0 aliphatic carbocycles. The van der Waals surface area contributed by atoms with E-state index in [9.17, 15) is 4.79 Å². The predicted octanol–water partition coefficient (Wildman–Crippen LogP) is 1.02. The molecule has 122 valence electrons. The maximum Gasteiger partial charge on any atom is 0.274 e. The van der Waals surface area contributed by atoms with E-state index in [1.807, 2.05) is 48.9 Å². The molecule has 0 unspecified atom stereocenters. The van der Waals surface area contributed by atoms with Crippen molar-refractivity contribution >= 4 is 11.7 Å². The first-order valence-electron chi connectivity index (χ1n) is 7.36. The Morgan fingerprint density at radius 2 is 1.88 bits per heavy atom. The molecule has 0 aliphatic rings. The molecule has 1 aromatic carbocycles. The van der Waals surface area contributed by atoms with E-state index in [-0.39, 0.29) is 11.5 Å². The minimum Gasteiger partial charge on any atom is -0.382 e. The number of amides is 1. The molecule has 3 rings (SSSR count). The maximum absolute atomic E-state index is 12.6. The van der Waals surface area contributed by atoms with Crippen molar-refractivity contribution in [2.75, 3.05) is 5.73 Å². The van der Waals surface area contributed by atoms with E-state index in [1.165, 1.54) is 12.4 Å². The number of anilines is 1. The van der Waals surface area contributed by atoms with Gasteiger partial charge in [-0.2, -0.15) is 0 Å². The van der Waals surface area contributed by atoms with Crippen molar-refractivity contribution in [3.05, 3.63) is 65.6 Å². The molecule has 3 aromatic rings. The van der Waals surface area contributed by atoms with Crippen LogP contribution in [0.25, 0.3) is 0 Å². The van der Waals surface area contributed by atoms with Crippen molar-refractivity contribution in [1.29, 1.82) is 0 Å². The molecule has 1 atom stereocenters. The van der Waals surface area contributed by atoms with Crippen molar-refractivity contribution in [1.82, 2.24) is 30.0 Å². The topological polar surface area (TPSA) is 112 Å². The average Bonchev–Trinajstić information content (AvgIpc) is 2.93. The summed E-state index contributed by atoms with van der Waals surface area (Å²) < 4.78 is 1.83. The minimum absolute atomic E-state index is 0.0796. The van der Waals surface area contributed by atoms with Crippen LogP contribution in [0.15, 0.2) is 42.7 Å². The van der Waals surface area contributed by atoms with E-state index in [0.717, 1.165) is 11.4 Å². The zero-order valence-corrected chi connectivity index (χ0v) is 13.3. The molecule has 24 heavy (non-hydrogen) atoms. The van der Waals surface area contributed by atoms with Gasteiger partial charge in [0.2, 0.25) is 0 Å². The number of aromatic nitrogens is 5. The number of nitrogens with zero attached hydrogens (tertiary/aromatic N) is 5. The molecule has 2 aromatic heterocycles. The Hall–Kier alpha value is -3.29. The molecule has 0 saturated heterocycles. The standard InChI is InChI=1S/C16H17N7O/c1-10-21-22-15(23(10)2)12(11-6-4-3-5-7-11)20-16(24)13-14(17)19-9-8-18-13/h3-9,12H,1-2H3,(H2,17,19)(H,20,24)/t12-/m0/s1. The van der Waals surface area contributed by atoms with Crippen LogP contribution in [-0.4, -0.2) is 30.6 Å². The monoisotopic (exact) mass is 323 g/mol. The second-order valence-electron chi connectivity index (χ2n) is 5.27. The van der Waals surface area contributed by atoms with Gasteiger partial charge in [0.15, 0.2) is 17.3 Å². The first-order chi connectivity index (χ1) is 11.6. The molecule has 0 saturated carbocycles. The van der Waals surface area contributed by atoms with Gasteiger partial charge in [-0.05, 0) is 12.5 Å². The first kappa shape index (κ1) is 15.6. The molecular formula is C16H17N7O. The lowest BCUT2D eigenvalue weighted by atomic mass is 10.1. The van der Waals surface area contributed by atoms with Crippen LogP contribution in [0.5, 0.6) is 0 Å². The highest BCUT2D eigenvalue weighted by Crippen LogP contribution is 2.21. The Kier molecular flexibility index (Phi) is 4.19. The molecule has 8 heteroatoms. The Morgan fingerprint density at radius 3 is 2.50 bits per heavy atom. The van der Waals surface area contributed by atoms with Crippen LogP contribution in [0.2, 0.25) is 0 Å². The van der Waals surface area contributed by atoms with E-state index in [2.05, 4.69) is 25.5 Å². The van der Waals surface area contributed by atoms with Gasteiger partial charge in [-0.1, -0.05) is 30.3 Å². The van der Waals surface area contributed by atoms with Gasteiger partial charge in [0.25, 0.3) is 5.91 Å². The van der Waals surface area contributed by atoms with E-state index in [0.29, 0.717) is 5.82 Å². The molecule has 0 radical (unpaired) electrons. The van der Waals surface area contributed by atoms with Crippen LogP contribution in [-0.2, 0) is 7.05 Å². The normalized spacial score (nSPS) is 11.9. The van der Waals surface area contributed by atoms with Crippen LogP contribution >= 0.6 is 0 Å².